The van der Waals surface area contributed by atoms with Gasteiger partial charge in [-0.15, -0.1) is 0 Å². The molecule has 0 saturated carbocycles. The molecular formula is C18H20FN3O. The van der Waals surface area contributed by atoms with Crippen molar-refractivity contribution >= 4 is 5.69 Å². The minimum absolute atomic E-state index is 0.266. The van der Waals surface area contributed by atoms with Crippen LogP contribution in [-0.4, -0.2) is 30.7 Å². The van der Waals surface area contributed by atoms with Gasteiger partial charge in [-0.25, -0.2) is 4.39 Å². The number of anilines is 1. The lowest BCUT2D eigenvalue weighted by Crippen LogP contribution is -2.43. The highest BCUT2D eigenvalue weighted by Crippen LogP contribution is 2.31. The van der Waals surface area contributed by atoms with E-state index in [1.165, 1.54) is 25.0 Å². The van der Waals surface area contributed by atoms with Crippen LogP contribution in [-0.2, 0) is 0 Å². The number of nitrogens with zero attached hydrogens (tertiary/aromatic N) is 2. The molecule has 3 saturated heterocycles. The number of rotatable bonds is 3. The normalized spacial score (nSPS) is 23.6. The molecule has 3 aliphatic rings. The number of hydrogen-bond acceptors (Lipinski definition) is 4. The molecule has 4 nitrogen and oxygen atoms in total. The third-order valence-electron chi connectivity index (χ3n) is 4.70. The van der Waals surface area contributed by atoms with Gasteiger partial charge in [0.2, 0.25) is 0 Å². The quantitative estimate of drug-likeness (QED) is 0.944. The highest BCUT2D eigenvalue weighted by molar-refractivity contribution is 5.50. The smallest absolute Gasteiger partial charge is 0.147 e. The molecule has 120 valence electrons. The van der Waals surface area contributed by atoms with Crippen LogP contribution in [0.3, 0.4) is 0 Å². The van der Waals surface area contributed by atoms with Crippen molar-refractivity contribution in [3.8, 4) is 11.5 Å². The third kappa shape index (κ3) is 3.15. The number of hydrogen-bond donors (Lipinski definition) is 1. The molecule has 2 unspecified atom stereocenters. The van der Waals surface area contributed by atoms with E-state index in [0.717, 1.165) is 25.3 Å². The minimum Gasteiger partial charge on any atom is -0.456 e. The Hall–Kier alpha value is -2.14. The van der Waals surface area contributed by atoms with Gasteiger partial charge in [0.15, 0.2) is 0 Å². The van der Waals surface area contributed by atoms with Crippen molar-refractivity contribution in [1.82, 2.24) is 10.3 Å². The van der Waals surface area contributed by atoms with E-state index in [1.54, 1.807) is 18.3 Å². The van der Waals surface area contributed by atoms with Gasteiger partial charge in [-0.05, 0) is 49.6 Å². The Balaban J connectivity index is 1.55. The third-order valence-corrected chi connectivity index (χ3v) is 4.70. The summed E-state index contributed by atoms with van der Waals surface area (Å²) in [4.78, 5) is 6.77. The predicted molar refractivity (Wildman–Crippen MR) is 87.4 cm³/mol. The summed E-state index contributed by atoms with van der Waals surface area (Å²) in [6.45, 7) is 3.20. The highest BCUT2D eigenvalue weighted by atomic mass is 19.1. The van der Waals surface area contributed by atoms with Crippen LogP contribution in [0.2, 0.25) is 0 Å². The van der Waals surface area contributed by atoms with Crippen molar-refractivity contribution in [2.75, 3.05) is 24.5 Å². The van der Waals surface area contributed by atoms with E-state index in [1.807, 2.05) is 12.3 Å². The van der Waals surface area contributed by atoms with Gasteiger partial charge >= 0.3 is 0 Å². The molecular weight excluding hydrogens is 293 g/mol. The number of pyridine rings is 1. The van der Waals surface area contributed by atoms with E-state index < -0.39 is 0 Å². The summed E-state index contributed by atoms with van der Waals surface area (Å²) in [5.74, 6) is 1.74. The fourth-order valence-electron chi connectivity index (χ4n) is 3.51. The first-order valence-corrected chi connectivity index (χ1v) is 8.14. The second-order valence-corrected chi connectivity index (χ2v) is 6.34. The fraction of sp³-hybridized carbons (Fsp3) is 0.389. The lowest BCUT2D eigenvalue weighted by Gasteiger charge is -2.37. The zero-order valence-electron chi connectivity index (χ0n) is 12.9. The zero-order valence-corrected chi connectivity index (χ0v) is 12.9. The number of piperidine rings is 1. The van der Waals surface area contributed by atoms with Crippen LogP contribution in [0.4, 0.5) is 10.1 Å². The Morgan fingerprint density at radius 3 is 2.83 bits per heavy atom. The first-order chi connectivity index (χ1) is 11.3. The van der Waals surface area contributed by atoms with Crippen molar-refractivity contribution in [2.45, 2.75) is 18.9 Å². The van der Waals surface area contributed by atoms with Crippen molar-refractivity contribution < 1.29 is 9.13 Å². The van der Waals surface area contributed by atoms with Crippen molar-refractivity contribution in [2.24, 2.45) is 5.92 Å². The van der Waals surface area contributed by atoms with Crippen molar-refractivity contribution in [3.05, 3.63) is 48.5 Å². The molecule has 1 aromatic carbocycles. The molecule has 2 atom stereocenters. The topological polar surface area (TPSA) is 37.4 Å². The van der Waals surface area contributed by atoms with Gasteiger partial charge in [-0.3, -0.25) is 4.98 Å². The lowest BCUT2D eigenvalue weighted by molar-refractivity contribution is 0.405. The molecule has 3 fully saturated rings. The molecule has 0 radical (unpaired) electrons. The Labute approximate surface area is 135 Å². The van der Waals surface area contributed by atoms with E-state index in [-0.39, 0.29) is 5.82 Å². The minimum atomic E-state index is -0.266. The first-order valence-electron chi connectivity index (χ1n) is 8.14. The molecule has 5 rings (SSSR count). The number of halogens is 1. The molecule has 0 aliphatic carbocycles. The average molecular weight is 313 g/mol. The monoisotopic (exact) mass is 313 g/mol. The van der Waals surface area contributed by atoms with E-state index in [9.17, 15) is 4.39 Å². The van der Waals surface area contributed by atoms with Crippen LogP contribution >= 0.6 is 0 Å². The fourth-order valence-corrected chi connectivity index (χ4v) is 3.51. The maximum Gasteiger partial charge on any atom is 0.147 e. The maximum absolute atomic E-state index is 13.0. The van der Waals surface area contributed by atoms with Crippen LogP contribution in [0.15, 0.2) is 42.7 Å². The van der Waals surface area contributed by atoms with Crippen LogP contribution in [0.1, 0.15) is 12.8 Å². The van der Waals surface area contributed by atoms with Crippen LogP contribution in [0.25, 0.3) is 0 Å². The number of benzene rings is 1. The summed E-state index contributed by atoms with van der Waals surface area (Å²) in [5, 5.41) is 3.54. The molecule has 2 bridgehead atoms. The number of ether oxygens (including phenoxy) is 1. The second kappa shape index (κ2) is 6.16. The van der Waals surface area contributed by atoms with Gasteiger partial charge in [-0.2, -0.15) is 0 Å². The SMILES string of the molecule is Fc1ccc(Oc2cncc(N3CC4CCC3CNC4)c2)cc1. The Kier molecular flexibility index (Phi) is 3.87. The van der Waals surface area contributed by atoms with Gasteiger partial charge in [0, 0.05) is 25.2 Å². The Morgan fingerprint density at radius 2 is 1.96 bits per heavy atom. The molecule has 5 heteroatoms. The van der Waals surface area contributed by atoms with Crippen molar-refractivity contribution in [3.63, 3.8) is 0 Å². The largest absolute Gasteiger partial charge is 0.456 e. The van der Waals surface area contributed by atoms with Gasteiger partial charge in [0.1, 0.15) is 17.3 Å². The summed E-state index contributed by atoms with van der Waals surface area (Å²) >= 11 is 0. The van der Waals surface area contributed by atoms with Gasteiger partial charge in [-0.1, -0.05) is 0 Å². The number of fused-ring (bicyclic) bond motifs is 4. The Morgan fingerprint density at radius 1 is 1.09 bits per heavy atom. The van der Waals surface area contributed by atoms with E-state index in [0.29, 0.717) is 23.5 Å². The van der Waals surface area contributed by atoms with E-state index in [4.69, 9.17) is 4.74 Å². The molecule has 0 amide bonds. The van der Waals surface area contributed by atoms with Crippen LogP contribution < -0.4 is 15.0 Å². The van der Waals surface area contributed by atoms with E-state index in [2.05, 4.69) is 15.2 Å². The summed E-state index contributed by atoms with van der Waals surface area (Å²) in [7, 11) is 0. The van der Waals surface area contributed by atoms with Gasteiger partial charge in [0.05, 0.1) is 18.1 Å². The zero-order chi connectivity index (χ0) is 15.6. The molecule has 23 heavy (non-hydrogen) atoms. The molecule has 1 aromatic heterocycles. The molecule has 3 aliphatic heterocycles. The average Bonchev–Trinajstić information content (AvgIpc) is 2.93. The second-order valence-electron chi connectivity index (χ2n) is 6.34. The standard InChI is InChI=1S/C18H20FN3O/c19-14-2-5-17(6-3-14)23-18-7-16(10-21-11-18)22-12-13-1-4-15(22)9-20-8-13/h2-3,5-7,10-11,13,15,20H,1,4,8-9,12H2. The van der Waals surface area contributed by atoms with Crippen molar-refractivity contribution in [1.29, 1.82) is 0 Å². The maximum atomic E-state index is 13.0. The summed E-state index contributed by atoms with van der Waals surface area (Å²) in [6.07, 6.45) is 6.12. The van der Waals surface area contributed by atoms with Gasteiger partial charge in [0.25, 0.3) is 0 Å². The van der Waals surface area contributed by atoms with Gasteiger partial charge < -0.3 is 15.0 Å². The molecule has 2 aromatic rings. The first kappa shape index (κ1) is 14.5. The molecule has 0 spiro atoms. The highest BCUT2D eigenvalue weighted by Gasteiger charge is 2.31. The number of nitrogens with one attached hydrogen (secondary N) is 1. The van der Waals surface area contributed by atoms with Crippen LogP contribution in [0, 0.1) is 11.7 Å². The Bertz CT molecular complexity index is 672. The molecule has 1 N–H and O–H groups in total. The summed E-state index contributed by atoms with van der Waals surface area (Å²) < 4.78 is 18.8. The van der Waals surface area contributed by atoms with Crippen LogP contribution in [0.5, 0.6) is 11.5 Å². The van der Waals surface area contributed by atoms with E-state index >= 15 is 0 Å². The summed E-state index contributed by atoms with van der Waals surface area (Å²) in [6, 6.07) is 8.59. The predicted octanol–water partition coefficient (Wildman–Crippen LogP) is 3.20. The number of aromatic nitrogens is 1. The lowest BCUT2D eigenvalue weighted by atomic mass is 9.94. The molecule has 4 heterocycles. The summed E-state index contributed by atoms with van der Waals surface area (Å²) in [5.41, 5.74) is 1.10.